The van der Waals surface area contributed by atoms with Crippen LogP contribution in [0.3, 0.4) is 0 Å². The molecule has 0 unspecified atom stereocenters. The molecule has 4 rings (SSSR count). The number of hydrogen-bond donors (Lipinski definition) is 0. The predicted octanol–water partition coefficient (Wildman–Crippen LogP) is 4.02. The zero-order valence-electron chi connectivity index (χ0n) is 18.3. The summed E-state index contributed by atoms with van der Waals surface area (Å²) in [6.07, 6.45) is 3.99. The van der Waals surface area contributed by atoms with Gasteiger partial charge in [0, 0.05) is 50.3 Å². The number of rotatable bonds is 4. The molecule has 2 fully saturated rings. The number of likely N-dealkylation sites (tertiary alicyclic amines) is 2. The van der Waals surface area contributed by atoms with Crippen LogP contribution < -0.4 is 0 Å². The molecule has 0 N–H and O–H groups in total. The van der Waals surface area contributed by atoms with E-state index < -0.39 is 0 Å². The summed E-state index contributed by atoms with van der Waals surface area (Å²) in [5, 5.41) is 0. The number of carbonyl (C=O) groups excluding carboxylic acids is 2. The summed E-state index contributed by atoms with van der Waals surface area (Å²) in [7, 11) is 0. The van der Waals surface area contributed by atoms with Crippen molar-refractivity contribution in [2.75, 3.05) is 19.6 Å². The Morgan fingerprint density at radius 1 is 1.10 bits per heavy atom. The first kappa shape index (κ1) is 20.6. The Labute approximate surface area is 179 Å². The largest absolute Gasteiger partial charge is 0.338 e. The molecule has 0 bridgehead atoms. The average Bonchev–Trinajstić information content (AvgIpc) is 3.25. The summed E-state index contributed by atoms with van der Waals surface area (Å²) < 4.78 is 0. The fourth-order valence-corrected chi connectivity index (χ4v) is 5.11. The quantitative estimate of drug-likeness (QED) is 0.772. The lowest BCUT2D eigenvalue weighted by atomic mass is 9.87. The average molecular weight is 406 g/mol. The van der Waals surface area contributed by atoms with Crippen LogP contribution in [-0.2, 0) is 4.79 Å². The van der Waals surface area contributed by atoms with Crippen molar-refractivity contribution in [2.24, 2.45) is 17.8 Å². The van der Waals surface area contributed by atoms with Gasteiger partial charge in [0.05, 0.1) is 11.6 Å². The molecule has 2 amide bonds. The van der Waals surface area contributed by atoms with Gasteiger partial charge < -0.3 is 9.80 Å². The molecule has 0 spiro atoms. The maximum Gasteiger partial charge on any atom is 0.255 e. The number of benzene rings is 1. The van der Waals surface area contributed by atoms with Crippen LogP contribution in [0.15, 0.2) is 42.7 Å². The second-order valence-corrected chi connectivity index (χ2v) is 9.33. The third kappa shape index (κ3) is 3.85. The van der Waals surface area contributed by atoms with E-state index in [1.807, 2.05) is 24.0 Å². The molecule has 5 nitrogen and oxygen atoms in total. The third-order valence-corrected chi connectivity index (χ3v) is 6.48. The number of hydrogen-bond acceptors (Lipinski definition) is 3. The SMILES string of the molecule is Cc1cncc(C(=O)N2C[C@H]3CN(C(=O)CC(C)C)[C@H](c4ccccc4C)[C@H]3C2)c1. The first-order valence-electron chi connectivity index (χ1n) is 10.9. The van der Waals surface area contributed by atoms with Gasteiger partial charge >= 0.3 is 0 Å². The van der Waals surface area contributed by atoms with E-state index in [9.17, 15) is 9.59 Å². The first-order valence-corrected chi connectivity index (χ1v) is 10.9. The Bertz CT molecular complexity index is 955. The van der Waals surface area contributed by atoms with Crippen LogP contribution >= 0.6 is 0 Å². The van der Waals surface area contributed by atoms with Gasteiger partial charge in [-0.3, -0.25) is 14.6 Å². The van der Waals surface area contributed by atoms with Crippen molar-refractivity contribution < 1.29 is 9.59 Å². The predicted molar refractivity (Wildman–Crippen MR) is 117 cm³/mol. The van der Waals surface area contributed by atoms with Gasteiger partial charge in [-0.2, -0.15) is 0 Å². The Hall–Kier alpha value is -2.69. The molecule has 3 heterocycles. The van der Waals surface area contributed by atoms with Gasteiger partial charge in [0.1, 0.15) is 0 Å². The Morgan fingerprint density at radius 2 is 1.87 bits per heavy atom. The molecular weight excluding hydrogens is 374 g/mol. The normalized spacial score (nSPS) is 23.2. The van der Waals surface area contributed by atoms with Crippen molar-refractivity contribution >= 4 is 11.8 Å². The van der Waals surface area contributed by atoms with Gasteiger partial charge in [-0.25, -0.2) is 0 Å². The molecule has 1 aromatic heterocycles. The molecule has 158 valence electrons. The van der Waals surface area contributed by atoms with Crippen molar-refractivity contribution in [2.45, 2.75) is 40.2 Å². The summed E-state index contributed by atoms with van der Waals surface area (Å²) in [6, 6.07) is 10.3. The number of fused-ring (bicyclic) bond motifs is 1. The fourth-order valence-electron chi connectivity index (χ4n) is 5.11. The highest BCUT2D eigenvalue weighted by molar-refractivity contribution is 5.94. The Morgan fingerprint density at radius 3 is 2.57 bits per heavy atom. The van der Waals surface area contributed by atoms with E-state index in [2.05, 4.69) is 48.9 Å². The van der Waals surface area contributed by atoms with E-state index in [0.717, 1.165) is 12.1 Å². The van der Waals surface area contributed by atoms with E-state index in [1.165, 1.54) is 11.1 Å². The van der Waals surface area contributed by atoms with Crippen molar-refractivity contribution in [1.82, 2.24) is 14.8 Å². The molecule has 0 aliphatic carbocycles. The number of pyridine rings is 1. The highest BCUT2D eigenvalue weighted by Crippen LogP contribution is 2.46. The molecule has 1 aromatic carbocycles. The molecule has 5 heteroatoms. The minimum Gasteiger partial charge on any atom is -0.338 e. The number of amides is 2. The summed E-state index contributed by atoms with van der Waals surface area (Å²) in [5.41, 5.74) is 4.06. The molecule has 2 saturated heterocycles. The van der Waals surface area contributed by atoms with Crippen LogP contribution in [0.1, 0.15) is 53.4 Å². The van der Waals surface area contributed by atoms with Gasteiger partial charge in [-0.05, 0) is 42.5 Å². The zero-order chi connectivity index (χ0) is 21.4. The molecular formula is C25H31N3O2. The van der Waals surface area contributed by atoms with Crippen LogP contribution in [0.4, 0.5) is 0 Å². The number of nitrogens with zero attached hydrogens (tertiary/aromatic N) is 3. The van der Waals surface area contributed by atoms with E-state index in [0.29, 0.717) is 36.9 Å². The van der Waals surface area contributed by atoms with Gasteiger partial charge in [-0.15, -0.1) is 0 Å². The molecule has 2 aromatic rings. The highest BCUT2D eigenvalue weighted by atomic mass is 16.2. The van der Waals surface area contributed by atoms with E-state index >= 15 is 0 Å². The van der Waals surface area contributed by atoms with Crippen molar-refractivity contribution in [3.05, 3.63) is 65.0 Å². The maximum absolute atomic E-state index is 13.1. The van der Waals surface area contributed by atoms with Gasteiger partial charge in [0.2, 0.25) is 5.91 Å². The van der Waals surface area contributed by atoms with Crippen LogP contribution in [0.25, 0.3) is 0 Å². The lowest BCUT2D eigenvalue weighted by molar-refractivity contribution is -0.133. The minimum atomic E-state index is 0.0379. The summed E-state index contributed by atoms with van der Waals surface area (Å²) in [4.78, 5) is 34.4. The third-order valence-electron chi connectivity index (χ3n) is 6.48. The van der Waals surface area contributed by atoms with Gasteiger partial charge in [-0.1, -0.05) is 38.1 Å². The van der Waals surface area contributed by atoms with Crippen LogP contribution in [0.2, 0.25) is 0 Å². The van der Waals surface area contributed by atoms with Gasteiger partial charge in [0.25, 0.3) is 5.91 Å². The lowest BCUT2D eigenvalue weighted by Gasteiger charge is -2.31. The van der Waals surface area contributed by atoms with Crippen molar-refractivity contribution in [3.8, 4) is 0 Å². The van der Waals surface area contributed by atoms with Gasteiger partial charge in [0.15, 0.2) is 0 Å². The molecule has 30 heavy (non-hydrogen) atoms. The Kier molecular flexibility index (Phi) is 5.63. The lowest BCUT2D eigenvalue weighted by Crippen LogP contribution is -2.38. The van der Waals surface area contributed by atoms with Crippen molar-refractivity contribution in [1.29, 1.82) is 0 Å². The molecule has 3 atom stereocenters. The molecule has 0 radical (unpaired) electrons. The topological polar surface area (TPSA) is 53.5 Å². The second-order valence-electron chi connectivity index (χ2n) is 9.33. The van der Waals surface area contributed by atoms with E-state index in [4.69, 9.17) is 0 Å². The van der Waals surface area contributed by atoms with Crippen molar-refractivity contribution in [3.63, 3.8) is 0 Å². The van der Waals surface area contributed by atoms with Crippen LogP contribution in [-0.4, -0.2) is 46.2 Å². The summed E-state index contributed by atoms with van der Waals surface area (Å²) >= 11 is 0. The second kappa shape index (κ2) is 8.21. The van der Waals surface area contributed by atoms with Crippen LogP contribution in [0.5, 0.6) is 0 Å². The maximum atomic E-state index is 13.1. The fraction of sp³-hybridized carbons (Fsp3) is 0.480. The number of aromatic nitrogens is 1. The summed E-state index contributed by atoms with van der Waals surface area (Å²) in [6.45, 7) is 10.4. The molecule has 2 aliphatic heterocycles. The standard InChI is InChI=1S/C25H31N3O2/c1-16(2)9-23(29)28-14-20-13-27(25(30)19-10-17(3)11-26-12-19)15-22(20)24(28)21-8-6-5-7-18(21)4/h5-8,10-12,16,20,22,24H,9,13-15H2,1-4H3/t20-,22-,24+/m0/s1. The van der Waals surface area contributed by atoms with Crippen LogP contribution in [0, 0.1) is 31.6 Å². The summed E-state index contributed by atoms with van der Waals surface area (Å²) in [5.74, 6) is 1.19. The highest BCUT2D eigenvalue weighted by Gasteiger charge is 2.50. The molecule has 0 saturated carbocycles. The zero-order valence-corrected chi connectivity index (χ0v) is 18.3. The smallest absolute Gasteiger partial charge is 0.255 e. The number of carbonyl (C=O) groups is 2. The molecule has 2 aliphatic rings. The Balaban J connectivity index is 1.61. The van der Waals surface area contributed by atoms with E-state index in [1.54, 1.807) is 12.4 Å². The first-order chi connectivity index (χ1) is 14.3. The monoisotopic (exact) mass is 405 g/mol. The van der Waals surface area contributed by atoms with E-state index in [-0.39, 0.29) is 23.8 Å². The number of aryl methyl sites for hydroxylation is 2. The minimum absolute atomic E-state index is 0.0379.